The molecule has 21 nitrogen and oxygen atoms in total. The van der Waals surface area contributed by atoms with Gasteiger partial charge in [0, 0.05) is 36.8 Å². The number of aliphatic hydroxyl groups excluding tert-OH is 2. The second-order valence-electron chi connectivity index (χ2n) is 10.0. The number of carbonyl (C=O) groups excluding carboxylic acids is 3. The largest absolute Gasteiger partial charge is 0.481 e. The molecule has 4 unspecified atom stereocenters. The minimum atomic E-state index is -5.37. The molecular weight excluding hydrogens is 660 g/mol. The first-order valence-electron chi connectivity index (χ1n) is 11.5. The summed E-state index contributed by atoms with van der Waals surface area (Å²) < 4.78 is 60.5. The minimum absolute atomic E-state index is 0.263. The molecule has 0 aromatic carbocycles. The van der Waals surface area contributed by atoms with Crippen LogP contribution in [0.2, 0.25) is 0 Å². The number of phosphoric acid groups is 4. The summed E-state index contributed by atoms with van der Waals surface area (Å²) in [5.41, 5.74) is -3.12. The molecule has 0 aliphatic heterocycles. The number of ketones is 1. The Kier molecular flexibility index (Phi) is 15.5. The Morgan fingerprint density at radius 3 is 1.19 bits per heavy atom. The van der Waals surface area contributed by atoms with Gasteiger partial charge in [0.2, 0.25) is 11.8 Å². The fourth-order valence-corrected chi connectivity index (χ4v) is 6.17. The van der Waals surface area contributed by atoms with Crippen molar-refractivity contribution >= 4 is 48.9 Å². The molecule has 0 saturated carbocycles. The Labute approximate surface area is 239 Å². The van der Waals surface area contributed by atoms with Gasteiger partial charge in [-0.25, -0.2) is 18.3 Å². The number of hydrogen-bond donors (Lipinski definition) is 10. The van der Waals surface area contributed by atoms with Crippen molar-refractivity contribution in [3.05, 3.63) is 0 Å². The summed E-state index contributed by atoms with van der Waals surface area (Å²) in [7, 11) is -21.2. The van der Waals surface area contributed by atoms with Crippen LogP contribution in [0.3, 0.4) is 0 Å². The highest BCUT2D eigenvalue weighted by Gasteiger charge is 2.40. The molecule has 10 N–H and O–H groups in total. The van der Waals surface area contributed by atoms with Crippen LogP contribution in [-0.2, 0) is 50.3 Å². The van der Waals surface area contributed by atoms with Crippen LogP contribution in [0.4, 0.5) is 0 Å². The van der Waals surface area contributed by atoms with Gasteiger partial charge in [-0.1, -0.05) is 27.7 Å². The van der Waals surface area contributed by atoms with Crippen LogP contribution in [0.5, 0.6) is 0 Å². The van der Waals surface area contributed by atoms with Crippen LogP contribution in [0.25, 0.3) is 0 Å². The zero-order valence-electron chi connectivity index (χ0n) is 22.8. The Balaban J connectivity index is 4.60. The van der Waals surface area contributed by atoms with Crippen LogP contribution >= 0.6 is 31.3 Å². The normalized spacial score (nSPS) is 17.4. The van der Waals surface area contributed by atoms with E-state index in [0.29, 0.717) is 0 Å². The highest BCUT2D eigenvalue weighted by atomic mass is 31.3. The van der Waals surface area contributed by atoms with Crippen molar-refractivity contribution in [1.29, 1.82) is 0 Å². The number of amides is 2. The number of nitrogens with one attached hydrogen (secondary N) is 2. The summed E-state index contributed by atoms with van der Waals surface area (Å²) in [6, 6.07) is 0. The smallest absolute Gasteiger partial charge is 0.383 e. The average Bonchev–Trinajstić information content (AvgIpc) is 2.77. The lowest BCUT2D eigenvalue weighted by Crippen LogP contribution is -2.46. The molecule has 0 fully saturated rings. The number of aliphatic hydroxyl groups is 2. The third-order valence-electron chi connectivity index (χ3n) is 5.00. The van der Waals surface area contributed by atoms with Crippen LogP contribution in [0, 0.1) is 10.8 Å². The zero-order chi connectivity index (χ0) is 33.4. The molecule has 0 aromatic heterocycles. The lowest BCUT2D eigenvalue weighted by Gasteiger charge is -2.29. The number of Topliss-reactive ketones (excluding diaryl/α,β-unsaturated/α-hetero) is 1. The highest BCUT2D eigenvalue weighted by molar-refractivity contribution is 7.61. The fourth-order valence-electron chi connectivity index (χ4n) is 2.65. The van der Waals surface area contributed by atoms with E-state index in [2.05, 4.69) is 28.3 Å². The molecule has 0 saturated heterocycles. The number of carbonyl (C=O) groups is 3. The summed E-state index contributed by atoms with van der Waals surface area (Å²) in [6.07, 6.45) is -4.25. The van der Waals surface area contributed by atoms with Crippen molar-refractivity contribution < 1.29 is 89.9 Å². The standard InChI is InChI=1S/C17H36N2O19P4/c1-16(2,9-35-41(31,32)37-39(25,26)27)12(21)14(23)18-7-5-11(20)6-8-19-15(24)13(22)17(3,4)10-36-42(33,34)38-40(28,29)30/h12-13,21-22H,5-10H2,1-4H3,(H,18,23)(H,19,24)(H,31,32)(H,33,34)(H2,25,26,27)(H2,28,29,30). The van der Waals surface area contributed by atoms with Crippen LogP contribution < -0.4 is 10.6 Å². The maximum Gasteiger partial charge on any atom is 0.481 e. The molecule has 0 heterocycles. The molecule has 25 heteroatoms. The molecule has 2 amide bonds. The molecule has 0 radical (unpaired) electrons. The quantitative estimate of drug-likeness (QED) is 0.0668. The number of hydrogen-bond acceptors (Lipinski definition) is 13. The summed E-state index contributed by atoms with van der Waals surface area (Å²) in [5, 5.41) is 24.9. The maximum absolute atomic E-state index is 12.2. The molecular formula is C17H36N2O19P4. The Hall–Kier alpha value is -0.950. The van der Waals surface area contributed by atoms with Gasteiger partial charge in [-0.3, -0.25) is 23.4 Å². The second kappa shape index (κ2) is 15.9. The second-order valence-corrected chi connectivity index (χ2v) is 15.7. The molecule has 0 aliphatic carbocycles. The van der Waals surface area contributed by atoms with Gasteiger partial charge in [0.25, 0.3) is 0 Å². The van der Waals surface area contributed by atoms with Crippen molar-refractivity contribution in [2.75, 3.05) is 26.3 Å². The van der Waals surface area contributed by atoms with E-state index < -0.39 is 85.1 Å². The van der Waals surface area contributed by atoms with E-state index in [1.165, 1.54) is 27.7 Å². The Morgan fingerprint density at radius 1 is 0.643 bits per heavy atom. The summed E-state index contributed by atoms with van der Waals surface area (Å²) in [4.78, 5) is 89.4. The van der Waals surface area contributed by atoms with E-state index in [0.717, 1.165) is 0 Å². The average molecular weight is 696 g/mol. The summed E-state index contributed by atoms with van der Waals surface area (Å²) >= 11 is 0. The molecule has 42 heavy (non-hydrogen) atoms. The lowest BCUT2D eigenvalue weighted by atomic mass is 9.87. The highest BCUT2D eigenvalue weighted by Crippen LogP contribution is 2.59. The molecule has 0 rings (SSSR count). The van der Waals surface area contributed by atoms with Gasteiger partial charge in [-0.05, 0) is 0 Å². The first-order valence-corrected chi connectivity index (χ1v) is 17.6. The van der Waals surface area contributed by atoms with Gasteiger partial charge in [0.1, 0.15) is 18.0 Å². The first kappa shape index (κ1) is 41.0. The van der Waals surface area contributed by atoms with Gasteiger partial charge in [-0.15, -0.1) is 0 Å². The maximum atomic E-state index is 12.2. The van der Waals surface area contributed by atoms with Gasteiger partial charge < -0.3 is 50.2 Å². The van der Waals surface area contributed by atoms with Gasteiger partial charge in [-0.2, -0.15) is 8.62 Å². The molecule has 4 atom stereocenters. The lowest BCUT2D eigenvalue weighted by molar-refractivity contribution is -0.137. The third kappa shape index (κ3) is 17.4. The SMILES string of the molecule is CC(C)(COP(=O)(O)OP(=O)(O)O)C(O)C(=O)NCCC(=O)CCNC(=O)C(O)C(C)(C)COP(=O)(O)OP(=O)(O)O. The topological polar surface area (TPSA) is 342 Å². The van der Waals surface area contributed by atoms with Crippen LogP contribution in [0.15, 0.2) is 0 Å². The fraction of sp³-hybridized carbons (Fsp3) is 0.824. The van der Waals surface area contributed by atoms with Crippen molar-refractivity contribution in [2.45, 2.75) is 52.7 Å². The molecule has 0 aromatic rings. The van der Waals surface area contributed by atoms with E-state index in [1.807, 2.05) is 0 Å². The van der Waals surface area contributed by atoms with E-state index >= 15 is 0 Å². The van der Waals surface area contributed by atoms with E-state index in [9.17, 15) is 52.6 Å². The van der Waals surface area contributed by atoms with Crippen molar-refractivity contribution in [3.63, 3.8) is 0 Å². The molecule has 248 valence electrons. The first-order chi connectivity index (χ1) is 18.6. The molecule has 0 bridgehead atoms. The number of rotatable bonds is 20. The van der Waals surface area contributed by atoms with Gasteiger partial charge >= 0.3 is 31.3 Å². The van der Waals surface area contributed by atoms with Gasteiger partial charge in [0.15, 0.2) is 0 Å². The Bertz CT molecular complexity index is 1060. The van der Waals surface area contributed by atoms with Crippen LogP contribution in [-0.4, -0.2) is 95.7 Å². The van der Waals surface area contributed by atoms with E-state index in [4.69, 9.17) is 19.6 Å². The monoisotopic (exact) mass is 696 g/mol. The van der Waals surface area contributed by atoms with E-state index in [-0.39, 0.29) is 25.9 Å². The van der Waals surface area contributed by atoms with Crippen molar-refractivity contribution in [2.24, 2.45) is 10.8 Å². The predicted octanol–water partition coefficient (Wildman–Crippen LogP) is -1.21. The summed E-state index contributed by atoms with van der Waals surface area (Å²) in [5.74, 6) is -2.50. The Morgan fingerprint density at radius 2 is 0.929 bits per heavy atom. The summed E-state index contributed by atoms with van der Waals surface area (Å²) in [6.45, 7) is 2.67. The van der Waals surface area contributed by atoms with E-state index in [1.54, 1.807) is 0 Å². The number of phosphoric ester groups is 2. The van der Waals surface area contributed by atoms with Crippen molar-refractivity contribution in [3.8, 4) is 0 Å². The zero-order valence-corrected chi connectivity index (χ0v) is 26.3. The minimum Gasteiger partial charge on any atom is -0.383 e. The third-order valence-corrected chi connectivity index (χ3v) is 9.27. The van der Waals surface area contributed by atoms with Crippen LogP contribution in [0.1, 0.15) is 40.5 Å². The van der Waals surface area contributed by atoms with Crippen molar-refractivity contribution in [1.82, 2.24) is 10.6 Å². The predicted molar refractivity (Wildman–Crippen MR) is 138 cm³/mol. The molecule has 0 aliphatic rings. The van der Waals surface area contributed by atoms with Gasteiger partial charge in [0.05, 0.1) is 13.2 Å². The molecule has 0 spiro atoms.